The molecule has 2 aliphatic rings. The first-order valence-corrected chi connectivity index (χ1v) is 10.3. The average Bonchev–Trinajstić information content (AvgIpc) is 3.13. The Balaban J connectivity index is 1.55. The quantitative estimate of drug-likeness (QED) is 0.691. The van der Waals surface area contributed by atoms with Gasteiger partial charge in [-0.15, -0.1) is 16.4 Å². The molecule has 3 aromatic rings. The molecule has 0 aliphatic carbocycles. The Morgan fingerprint density at radius 1 is 1.38 bits per heavy atom. The second kappa shape index (κ2) is 5.97. The van der Waals surface area contributed by atoms with E-state index in [0.29, 0.717) is 6.61 Å². The third kappa shape index (κ3) is 2.82. The smallest absolute Gasteiger partial charge is 0.168 e. The second-order valence-corrected chi connectivity index (χ2v) is 9.52. The van der Waals surface area contributed by atoms with E-state index in [1.165, 1.54) is 28.7 Å². The van der Waals surface area contributed by atoms with Gasteiger partial charge in [-0.1, -0.05) is 6.92 Å². The molecule has 26 heavy (non-hydrogen) atoms. The largest absolute Gasteiger partial charge is 0.370 e. The van der Waals surface area contributed by atoms with E-state index in [4.69, 9.17) is 14.8 Å². The SMILES string of the molecule is CC1CCCN(Cc2nc3c4c5c(sc4ncn3n2)COC(C)(C)C5)C1. The van der Waals surface area contributed by atoms with E-state index in [9.17, 15) is 0 Å². The Kier molecular flexibility index (Phi) is 3.81. The summed E-state index contributed by atoms with van der Waals surface area (Å²) in [5.41, 5.74) is 2.16. The first-order valence-electron chi connectivity index (χ1n) is 9.49. The zero-order valence-electron chi connectivity index (χ0n) is 15.7. The molecule has 1 atom stereocenters. The van der Waals surface area contributed by atoms with Crippen LogP contribution >= 0.6 is 11.3 Å². The molecule has 0 spiro atoms. The molecule has 0 aromatic carbocycles. The van der Waals surface area contributed by atoms with Crippen LogP contribution in [0.3, 0.4) is 0 Å². The molecule has 6 nitrogen and oxygen atoms in total. The van der Waals surface area contributed by atoms with Crippen LogP contribution in [-0.2, 0) is 24.3 Å². The molecular formula is C19H25N5OS. The zero-order chi connectivity index (χ0) is 17.9. The number of aromatic nitrogens is 4. The normalized spacial score (nSPS) is 23.6. The van der Waals surface area contributed by atoms with Gasteiger partial charge in [0.15, 0.2) is 11.5 Å². The van der Waals surface area contributed by atoms with Crippen LogP contribution in [0.15, 0.2) is 6.33 Å². The minimum Gasteiger partial charge on any atom is -0.370 e. The molecule has 1 saturated heterocycles. The molecule has 5 heterocycles. The molecule has 0 bridgehead atoms. The van der Waals surface area contributed by atoms with Crippen LogP contribution in [0, 0.1) is 5.92 Å². The van der Waals surface area contributed by atoms with Crippen molar-refractivity contribution < 1.29 is 4.74 Å². The fraction of sp³-hybridized carbons (Fsp3) is 0.632. The third-order valence-electron chi connectivity index (χ3n) is 5.56. The predicted molar refractivity (Wildman–Crippen MR) is 102 cm³/mol. The predicted octanol–water partition coefficient (Wildman–Crippen LogP) is 3.42. The van der Waals surface area contributed by atoms with Gasteiger partial charge in [0.05, 0.1) is 24.1 Å². The van der Waals surface area contributed by atoms with Crippen molar-refractivity contribution in [2.75, 3.05) is 13.1 Å². The Morgan fingerprint density at radius 2 is 2.27 bits per heavy atom. The highest BCUT2D eigenvalue weighted by molar-refractivity contribution is 7.19. The summed E-state index contributed by atoms with van der Waals surface area (Å²) in [5, 5.41) is 5.90. The number of thiophene rings is 1. The van der Waals surface area contributed by atoms with Crippen LogP contribution in [0.25, 0.3) is 15.9 Å². The van der Waals surface area contributed by atoms with Gasteiger partial charge < -0.3 is 4.74 Å². The molecule has 7 heteroatoms. The highest BCUT2D eigenvalue weighted by Gasteiger charge is 2.31. The summed E-state index contributed by atoms with van der Waals surface area (Å²) in [6.45, 7) is 10.4. The Labute approximate surface area is 157 Å². The van der Waals surface area contributed by atoms with Crippen LogP contribution in [0.4, 0.5) is 0 Å². The number of hydrogen-bond donors (Lipinski definition) is 0. The van der Waals surface area contributed by atoms with Gasteiger partial charge in [0.25, 0.3) is 0 Å². The molecule has 2 aliphatic heterocycles. The monoisotopic (exact) mass is 371 g/mol. The van der Waals surface area contributed by atoms with Crippen LogP contribution in [0.5, 0.6) is 0 Å². The lowest BCUT2D eigenvalue weighted by Crippen LogP contribution is -2.34. The lowest BCUT2D eigenvalue weighted by Gasteiger charge is -2.30. The maximum absolute atomic E-state index is 5.98. The second-order valence-electron chi connectivity index (χ2n) is 8.43. The topological polar surface area (TPSA) is 55.6 Å². The van der Waals surface area contributed by atoms with Crippen LogP contribution in [0.1, 0.15) is 49.9 Å². The minimum atomic E-state index is -0.138. The molecule has 0 amide bonds. The van der Waals surface area contributed by atoms with Gasteiger partial charge in [-0.3, -0.25) is 4.90 Å². The van der Waals surface area contributed by atoms with Gasteiger partial charge in [-0.25, -0.2) is 14.5 Å². The highest BCUT2D eigenvalue weighted by Crippen LogP contribution is 2.39. The average molecular weight is 372 g/mol. The first kappa shape index (κ1) is 16.6. The summed E-state index contributed by atoms with van der Waals surface area (Å²) >= 11 is 1.73. The number of likely N-dealkylation sites (tertiary alicyclic amines) is 1. The lowest BCUT2D eigenvalue weighted by atomic mass is 9.94. The lowest BCUT2D eigenvalue weighted by molar-refractivity contribution is -0.0379. The van der Waals surface area contributed by atoms with E-state index in [2.05, 4.69) is 30.7 Å². The molecular weight excluding hydrogens is 346 g/mol. The van der Waals surface area contributed by atoms with Crippen LogP contribution < -0.4 is 0 Å². The van der Waals surface area contributed by atoms with E-state index < -0.39 is 0 Å². The number of fused-ring (bicyclic) bond motifs is 5. The number of rotatable bonds is 2. The fourth-order valence-electron chi connectivity index (χ4n) is 4.28. The van der Waals surface area contributed by atoms with Gasteiger partial charge in [0.2, 0.25) is 0 Å². The van der Waals surface area contributed by atoms with Crippen molar-refractivity contribution in [1.29, 1.82) is 0 Å². The van der Waals surface area contributed by atoms with E-state index in [0.717, 1.165) is 48.3 Å². The zero-order valence-corrected chi connectivity index (χ0v) is 16.5. The molecule has 5 rings (SSSR count). The number of ether oxygens (including phenoxy) is 1. The first-order chi connectivity index (χ1) is 12.5. The van der Waals surface area contributed by atoms with Crippen molar-refractivity contribution in [2.24, 2.45) is 5.92 Å². The number of hydrogen-bond acceptors (Lipinski definition) is 6. The van der Waals surface area contributed by atoms with Crippen LogP contribution in [0.2, 0.25) is 0 Å². The molecule has 0 radical (unpaired) electrons. The maximum Gasteiger partial charge on any atom is 0.168 e. The molecule has 1 fully saturated rings. The Hall–Kier alpha value is -1.57. The summed E-state index contributed by atoms with van der Waals surface area (Å²) < 4.78 is 7.84. The van der Waals surface area contributed by atoms with Crippen molar-refractivity contribution in [1.82, 2.24) is 24.5 Å². The van der Waals surface area contributed by atoms with Gasteiger partial charge in [-0.2, -0.15) is 0 Å². The summed E-state index contributed by atoms with van der Waals surface area (Å²) in [7, 11) is 0. The van der Waals surface area contributed by atoms with E-state index >= 15 is 0 Å². The Bertz CT molecular complexity index is 975. The van der Waals surface area contributed by atoms with Crippen molar-refractivity contribution >= 4 is 27.2 Å². The van der Waals surface area contributed by atoms with Gasteiger partial charge in [0, 0.05) is 17.8 Å². The highest BCUT2D eigenvalue weighted by atomic mass is 32.1. The summed E-state index contributed by atoms with van der Waals surface area (Å²) in [4.78, 5) is 14.4. The maximum atomic E-state index is 5.98. The third-order valence-corrected chi connectivity index (χ3v) is 6.67. The number of piperidine rings is 1. The van der Waals surface area contributed by atoms with Gasteiger partial charge >= 0.3 is 0 Å². The van der Waals surface area contributed by atoms with Crippen molar-refractivity contribution in [3.8, 4) is 0 Å². The van der Waals surface area contributed by atoms with Gasteiger partial charge in [-0.05, 0) is 44.7 Å². The van der Waals surface area contributed by atoms with E-state index in [-0.39, 0.29) is 5.60 Å². The molecule has 0 N–H and O–H groups in total. The molecule has 138 valence electrons. The Morgan fingerprint density at radius 3 is 3.12 bits per heavy atom. The molecule has 3 aromatic heterocycles. The van der Waals surface area contributed by atoms with Crippen LogP contribution in [-0.4, -0.2) is 43.2 Å². The standard InChI is InChI=1S/C19H25N5OS/c1-12-5-4-6-23(8-12)9-15-21-17-16-13-7-19(2,3)25-10-14(13)26-18(16)20-11-24(17)22-15/h11-12H,4-10H2,1-3H3. The van der Waals surface area contributed by atoms with Gasteiger partial charge in [0.1, 0.15) is 11.2 Å². The summed E-state index contributed by atoms with van der Waals surface area (Å²) in [6, 6.07) is 0. The molecule has 1 unspecified atom stereocenters. The van der Waals surface area contributed by atoms with Crippen molar-refractivity contribution in [3.63, 3.8) is 0 Å². The van der Waals surface area contributed by atoms with Crippen molar-refractivity contribution in [3.05, 3.63) is 22.6 Å². The van der Waals surface area contributed by atoms with E-state index in [1.54, 1.807) is 17.7 Å². The number of nitrogens with zero attached hydrogens (tertiary/aromatic N) is 5. The minimum absolute atomic E-state index is 0.138. The fourth-order valence-corrected chi connectivity index (χ4v) is 5.35. The van der Waals surface area contributed by atoms with Crippen molar-refractivity contribution in [2.45, 2.75) is 58.8 Å². The van der Waals surface area contributed by atoms with E-state index in [1.807, 2.05) is 4.52 Å². The molecule has 0 saturated carbocycles. The summed E-state index contributed by atoms with van der Waals surface area (Å²) in [5.74, 6) is 1.67. The summed E-state index contributed by atoms with van der Waals surface area (Å²) in [6.07, 6.45) is 5.31.